The summed E-state index contributed by atoms with van der Waals surface area (Å²) in [5.74, 6) is -0.645. The van der Waals surface area contributed by atoms with E-state index in [9.17, 15) is 19.1 Å². The van der Waals surface area contributed by atoms with Gasteiger partial charge in [-0.3, -0.25) is 14.2 Å². The van der Waals surface area contributed by atoms with Crippen molar-refractivity contribution in [3.63, 3.8) is 0 Å². The molecule has 0 bridgehead atoms. The summed E-state index contributed by atoms with van der Waals surface area (Å²) in [4.78, 5) is 30.4. The van der Waals surface area contributed by atoms with Crippen molar-refractivity contribution in [2.24, 2.45) is 5.92 Å². The van der Waals surface area contributed by atoms with E-state index in [1.54, 1.807) is 31.3 Å². The largest absolute Gasteiger partial charge is 0.506 e. The molecular formula is C24H26FN3O3. The monoisotopic (exact) mass is 423 g/mol. The van der Waals surface area contributed by atoms with Crippen molar-refractivity contribution in [2.45, 2.75) is 52.1 Å². The molecule has 4 rings (SSSR count). The molecule has 0 radical (unpaired) electrons. The number of fused-ring (bicyclic) bond motifs is 1. The number of carbonyl (C=O) groups is 1. The Kier molecular flexibility index (Phi) is 5.76. The predicted octanol–water partition coefficient (Wildman–Crippen LogP) is 4.24. The second-order valence-corrected chi connectivity index (χ2v) is 8.31. The van der Waals surface area contributed by atoms with Gasteiger partial charge in [-0.05, 0) is 62.3 Å². The highest BCUT2D eigenvalue weighted by Gasteiger charge is 2.26. The molecule has 1 aromatic carbocycles. The number of aryl methyl sites for hydroxylation is 1. The quantitative estimate of drug-likeness (QED) is 0.658. The van der Waals surface area contributed by atoms with E-state index in [4.69, 9.17) is 0 Å². The van der Waals surface area contributed by atoms with Gasteiger partial charge in [0.15, 0.2) is 0 Å². The summed E-state index contributed by atoms with van der Waals surface area (Å²) in [6.45, 7) is 4.29. The maximum atomic E-state index is 13.3. The minimum atomic E-state index is -0.559. The van der Waals surface area contributed by atoms with Crippen LogP contribution in [0.3, 0.4) is 0 Å². The molecule has 1 aliphatic carbocycles. The van der Waals surface area contributed by atoms with E-state index in [2.05, 4.69) is 17.2 Å². The molecule has 0 aliphatic heterocycles. The van der Waals surface area contributed by atoms with Gasteiger partial charge in [0.1, 0.15) is 22.8 Å². The van der Waals surface area contributed by atoms with Crippen molar-refractivity contribution < 1.29 is 14.3 Å². The fourth-order valence-electron chi connectivity index (χ4n) is 4.27. The standard InChI is InChI=1S/C24H26FN3O3/c1-3-28-22-19(12-16(13-26-22)15-6-8-17(25)9-7-15)21(29)20(24(28)31)23(30)27-18-10-4-14(2)5-11-18/h6-9,12-14,18,29H,3-5,10-11H2,1-2H3,(H,27,30). The van der Waals surface area contributed by atoms with E-state index in [1.807, 2.05) is 0 Å². The van der Waals surface area contributed by atoms with Crippen molar-refractivity contribution in [2.75, 3.05) is 0 Å². The number of carbonyl (C=O) groups excluding carboxylic acids is 1. The van der Waals surface area contributed by atoms with Crippen molar-refractivity contribution in [3.8, 4) is 16.9 Å². The Bertz CT molecular complexity index is 1180. The molecule has 1 amide bonds. The number of nitrogens with zero attached hydrogens (tertiary/aromatic N) is 2. The average Bonchev–Trinajstić information content (AvgIpc) is 2.76. The summed E-state index contributed by atoms with van der Waals surface area (Å²) < 4.78 is 14.7. The number of hydrogen-bond donors (Lipinski definition) is 2. The Morgan fingerprint density at radius 1 is 1.19 bits per heavy atom. The molecule has 1 aliphatic rings. The molecule has 31 heavy (non-hydrogen) atoms. The molecule has 0 unspecified atom stereocenters. The Balaban J connectivity index is 1.78. The first-order chi connectivity index (χ1) is 14.9. The average molecular weight is 423 g/mol. The highest BCUT2D eigenvalue weighted by atomic mass is 19.1. The summed E-state index contributed by atoms with van der Waals surface area (Å²) in [7, 11) is 0. The summed E-state index contributed by atoms with van der Waals surface area (Å²) in [5.41, 5.74) is 0.852. The minimum absolute atomic E-state index is 0.00283. The molecule has 162 valence electrons. The lowest BCUT2D eigenvalue weighted by Crippen LogP contribution is -2.40. The van der Waals surface area contributed by atoms with Gasteiger partial charge in [0.25, 0.3) is 11.5 Å². The minimum Gasteiger partial charge on any atom is -0.506 e. The SMILES string of the molecule is CCn1c(=O)c(C(=O)NC2CCC(C)CC2)c(O)c2cc(-c3ccc(F)cc3)cnc21. The van der Waals surface area contributed by atoms with Gasteiger partial charge in [0, 0.05) is 24.3 Å². The van der Waals surface area contributed by atoms with Crippen LogP contribution in [0.2, 0.25) is 0 Å². The van der Waals surface area contributed by atoms with E-state index in [0.717, 1.165) is 25.7 Å². The number of halogens is 1. The Hall–Kier alpha value is -3.22. The van der Waals surface area contributed by atoms with Crippen LogP contribution in [0.5, 0.6) is 5.75 Å². The highest BCUT2D eigenvalue weighted by molar-refractivity contribution is 6.02. The number of hydrogen-bond acceptors (Lipinski definition) is 4. The zero-order chi connectivity index (χ0) is 22.1. The third-order valence-electron chi connectivity index (χ3n) is 6.15. The van der Waals surface area contributed by atoms with Crippen LogP contribution in [0, 0.1) is 11.7 Å². The van der Waals surface area contributed by atoms with Gasteiger partial charge in [-0.1, -0.05) is 19.1 Å². The zero-order valence-electron chi connectivity index (χ0n) is 17.7. The van der Waals surface area contributed by atoms with Crippen LogP contribution in [-0.4, -0.2) is 26.6 Å². The molecule has 2 heterocycles. The maximum absolute atomic E-state index is 13.3. The summed E-state index contributed by atoms with van der Waals surface area (Å²) in [6.07, 6.45) is 5.35. The molecule has 0 saturated heterocycles. The summed E-state index contributed by atoms with van der Waals surface area (Å²) in [6, 6.07) is 7.59. The van der Waals surface area contributed by atoms with Crippen molar-refractivity contribution in [3.05, 3.63) is 58.3 Å². The molecule has 3 aromatic rings. The number of aromatic nitrogens is 2. The molecule has 6 nitrogen and oxygen atoms in total. The Labute approximate surface area is 179 Å². The smallest absolute Gasteiger partial charge is 0.268 e. The number of aromatic hydroxyl groups is 1. The fraction of sp³-hybridized carbons (Fsp3) is 0.375. The van der Waals surface area contributed by atoms with Gasteiger partial charge in [0.05, 0.1) is 5.39 Å². The number of rotatable bonds is 4. The Morgan fingerprint density at radius 2 is 1.87 bits per heavy atom. The second kappa shape index (κ2) is 8.49. The number of amides is 1. The van der Waals surface area contributed by atoms with Crippen molar-refractivity contribution >= 4 is 16.9 Å². The van der Waals surface area contributed by atoms with Crippen LogP contribution in [-0.2, 0) is 6.54 Å². The third-order valence-corrected chi connectivity index (χ3v) is 6.15. The molecule has 7 heteroatoms. The van der Waals surface area contributed by atoms with Gasteiger partial charge < -0.3 is 10.4 Å². The zero-order valence-corrected chi connectivity index (χ0v) is 17.7. The first-order valence-corrected chi connectivity index (χ1v) is 10.7. The van der Waals surface area contributed by atoms with Crippen LogP contribution in [0.4, 0.5) is 4.39 Å². The first kappa shape index (κ1) is 21.0. The van der Waals surface area contributed by atoms with E-state index in [-0.39, 0.29) is 23.2 Å². The maximum Gasteiger partial charge on any atom is 0.268 e. The second-order valence-electron chi connectivity index (χ2n) is 8.31. The number of pyridine rings is 2. The van der Waals surface area contributed by atoms with E-state index < -0.39 is 11.5 Å². The third kappa shape index (κ3) is 4.04. The lowest BCUT2D eigenvalue weighted by molar-refractivity contribution is 0.0918. The fourth-order valence-corrected chi connectivity index (χ4v) is 4.27. The first-order valence-electron chi connectivity index (χ1n) is 10.7. The molecule has 2 N–H and O–H groups in total. The van der Waals surface area contributed by atoms with Gasteiger partial charge in [-0.15, -0.1) is 0 Å². The lowest BCUT2D eigenvalue weighted by Gasteiger charge is -2.27. The predicted molar refractivity (Wildman–Crippen MR) is 118 cm³/mol. The topological polar surface area (TPSA) is 84.2 Å². The van der Waals surface area contributed by atoms with Crippen molar-refractivity contribution in [1.29, 1.82) is 0 Å². The van der Waals surface area contributed by atoms with E-state index in [1.165, 1.54) is 16.7 Å². The molecule has 2 aromatic heterocycles. The normalized spacial score (nSPS) is 18.8. The highest BCUT2D eigenvalue weighted by Crippen LogP contribution is 2.30. The van der Waals surface area contributed by atoms with Crippen LogP contribution in [0.15, 0.2) is 41.3 Å². The summed E-state index contributed by atoms with van der Waals surface area (Å²) in [5, 5.41) is 14.2. The molecule has 0 spiro atoms. The van der Waals surface area contributed by atoms with Gasteiger partial charge in [-0.25, -0.2) is 9.37 Å². The van der Waals surface area contributed by atoms with E-state index >= 15 is 0 Å². The summed E-state index contributed by atoms with van der Waals surface area (Å²) >= 11 is 0. The lowest BCUT2D eigenvalue weighted by atomic mass is 9.87. The van der Waals surface area contributed by atoms with Crippen LogP contribution >= 0.6 is 0 Å². The van der Waals surface area contributed by atoms with Crippen LogP contribution in [0.1, 0.15) is 49.9 Å². The molecule has 1 fully saturated rings. The van der Waals surface area contributed by atoms with E-state index in [0.29, 0.717) is 34.6 Å². The Morgan fingerprint density at radius 3 is 2.52 bits per heavy atom. The number of nitrogens with one attached hydrogen (secondary N) is 1. The number of benzene rings is 1. The van der Waals surface area contributed by atoms with Gasteiger partial charge in [0.2, 0.25) is 0 Å². The molecule has 1 saturated carbocycles. The van der Waals surface area contributed by atoms with Crippen LogP contribution < -0.4 is 10.9 Å². The molecular weight excluding hydrogens is 397 g/mol. The molecule has 0 atom stereocenters. The van der Waals surface area contributed by atoms with Gasteiger partial charge in [-0.2, -0.15) is 0 Å². The van der Waals surface area contributed by atoms with Gasteiger partial charge >= 0.3 is 0 Å². The van der Waals surface area contributed by atoms with Crippen LogP contribution in [0.25, 0.3) is 22.2 Å². The van der Waals surface area contributed by atoms with Crippen molar-refractivity contribution in [1.82, 2.24) is 14.9 Å².